The molecule has 2 heterocycles. The lowest BCUT2D eigenvalue weighted by Crippen LogP contribution is -2.13. The summed E-state index contributed by atoms with van der Waals surface area (Å²) in [5.41, 5.74) is 8.17. The van der Waals surface area contributed by atoms with Crippen LogP contribution < -0.4 is 5.73 Å². The minimum Gasteiger partial charge on any atom is -0.403 e. The van der Waals surface area contributed by atoms with Crippen molar-refractivity contribution in [1.82, 2.24) is 0 Å². The van der Waals surface area contributed by atoms with Gasteiger partial charge in [0, 0.05) is 38.1 Å². The lowest BCUT2D eigenvalue weighted by Gasteiger charge is -2.07. The summed E-state index contributed by atoms with van der Waals surface area (Å²) in [4.78, 5) is 8.89. The lowest BCUT2D eigenvalue weighted by molar-refractivity contribution is 1.46. The second kappa shape index (κ2) is 5.86. The molecule has 0 atom stereocenters. The summed E-state index contributed by atoms with van der Waals surface area (Å²) in [6.45, 7) is 0. The number of amidine groups is 1. The van der Waals surface area contributed by atoms with Gasteiger partial charge in [0.1, 0.15) is 0 Å². The number of rotatable bonds is 2. The minimum atomic E-state index is 0.734. The van der Waals surface area contributed by atoms with E-state index in [2.05, 4.69) is 64.5 Å². The fourth-order valence-electron chi connectivity index (χ4n) is 2.75. The van der Waals surface area contributed by atoms with Crippen LogP contribution in [0.4, 0.5) is 0 Å². The smallest absolute Gasteiger partial charge is 0.232 e. The van der Waals surface area contributed by atoms with Crippen molar-refractivity contribution in [1.29, 1.82) is 0 Å². The fraction of sp³-hybridized carbons (Fsp3) is 0. The lowest BCUT2D eigenvalue weighted by atomic mass is 9.74. The summed E-state index contributed by atoms with van der Waals surface area (Å²) < 4.78 is 2.62. The Hall–Kier alpha value is -2.66. The molecule has 0 bridgehead atoms. The maximum absolute atomic E-state index is 5.34. The van der Waals surface area contributed by atoms with Crippen molar-refractivity contribution in [3.05, 3.63) is 72.5 Å². The average Bonchev–Trinajstić information content (AvgIpc) is 2.98. The van der Waals surface area contributed by atoms with Gasteiger partial charge in [0.25, 0.3) is 0 Å². The van der Waals surface area contributed by atoms with Gasteiger partial charge < -0.3 is 5.73 Å². The monoisotopic (exact) mass is 315 g/mol. The Kier molecular flexibility index (Phi) is 3.56. The number of thiophene rings is 1. The van der Waals surface area contributed by atoms with E-state index < -0.39 is 0 Å². The van der Waals surface area contributed by atoms with E-state index in [1.807, 2.05) is 11.3 Å². The SMILES string of the molecule is N/C=C\N=C1/BC=CC(c2ccc3sc4ccccc4c3c2)=N1. The van der Waals surface area contributed by atoms with Crippen molar-refractivity contribution in [3.8, 4) is 0 Å². The van der Waals surface area contributed by atoms with Gasteiger partial charge >= 0.3 is 0 Å². The highest BCUT2D eigenvalue weighted by molar-refractivity contribution is 7.25. The van der Waals surface area contributed by atoms with Gasteiger partial charge in [-0.1, -0.05) is 24.3 Å². The number of benzene rings is 2. The molecule has 4 rings (SSSR count). The number of aliphatic imine (C=N–C) groups is 2. The molecule has 0 radical (unpaired) electrons. The highest BCUT2D eigenvalue weighted by atomic mass is 32.1. The molecular formula is C18H14BN3S. The fourth-order valence-corrected chi connectivity index (χ4v) is 3.84. The molecule has 0 fully saturated rings. The van der Waals surface area contributed by atoms with E-state index in [-0.39, 0.29) is 0 Å². The minimum absolute atomic E-state index is 0.734. The molecule has 1 aromatic heterocycles. The Labute approximate surface area is 138 Å². The van der Waals surface area contributed by atoms with Gasteiger partial charge in [-0.05, 0) is 24.3 Å². The number of fused-ring (bicyclic) bond motifs is 3. The number of allylic oxidation sites excluding steroid dienone is 1. The Morgan fingerprint density at radius 1 is 1.09 bits per heavy atom. The highest BCUT2D eigenvalue weighted by Gasteiger charge is 2.10. The van der Waals surface area contributed by atoms with E-state index in [0.717, 1.165) is 24.3 Å². The predicted octanol–water partition coefficient (Wildman–Crippen LogP) is 3.59. The average molecular weight is 315 g/mol. The van der Waals surface area contributed by atoms with Crippen molar-refractivity contribution in [2.24, 2.45) is 15.7 Å². The topological polar surface area (TPSA) is 50.7 Å². The van der Waals surface area contributed by atoms with Gasteiger partial charge in [-0.15, -0.1) is 17.3 Å². The number of nitrogens with zero attached hydrogens (tertiary/aromatic N) is 2. The van der Waals surface area contributed by atoms with Crippen LogP contribution in [-0.2, 0) is 0 Å². The van der Waals surface area contributed by atoms with Crippen LogP contribution in [0.2, 0.25) is 0 Å². The Balaban J connectivity index is 1.84. The summed E-state index contributed by atoms with van der Waals surface area (Å²) in [6.07, 6.45) is 5.05. The molecule has 5 heteroatoms. The molecule has 0 saturated carbocycles. The molecule has 0 spiro atoms. The molecule has 0 unspecified atom stereocenters. The molecular weight excluding hydrogens is 301 g/mol. The van der Waals surface area contributed by atoms with E-state index in [0.29, 0.717) is 0 Å². The van der Waals surface area contributed by atoms with Gasteiger partial charge in [0.2, 0.25) is 7.28 Å². The largest absolute Gasteiger partial charge is 0.403 e. The van der Waals surface area contributed by atoms with Crippen LogP contribution in [0.1, 0.15) is 5.56 Å². The van der Waals surface area contributed by atoms with Crippen LogP contribution in [-0.4, -0.2) is 18.7 Å². The molecule has 23 heavy (non-hydrogen) atoms. The third kappa shape index (κ3) is 2.60. The molecule has 0 saturated heterocycles. The van der Waals surface area contributed by atoms with E-state index in [9.17, 15) is 0 Å². The van der Waals surface area contributed by atoms with Gasteiger partial charge in [0.05, 0.1) is 11.4 Å². The summed E-state index contributed by atoms with van der Waals surface area (Å²) >= 11 is 1.82. The Bertz CT molecular complexity index is 1010. The quantitative estimate of drug-likeness (QED) is 0.722. The standard InChI is InChI=1S/C18H14BN3S/c20-9-10-21-18-19-8-7-15(22-18)12-5-6-17-14(11-12)13-3-1-2-4-16(13)23-17/h1-11,19H,20H2/b10-9-,21-18+. The van der Waals surface area contributed by atoms with Crippen LogP contribution in [0.25, 0.3) is 20.2 Å². The first-order chi connectivity index (χ1) is 11.3. The van der Waals surface area contributed by atoms with Crippen molar-refractivity contribution in [3.63, 3.8) is 0 Å². The molecule has 0 amide bonds. The summed E-state index contributed by atoms with van der Waals surface area (Å²) in [5.74, 6) is 2.08. The summed E-state index contributed by atoms with van der Waals surface area (Å²) in [6, 6.07) is 15.0. The highest BCUT2D eigenvalue weighted by Crippen LogP contribution is 2.34. The van der Waals surface area contributed by atoms with E-state index >= 15 is 0 Å². The van der Waals surface area contributed by atoms with Gasteiger partial charge in [0.15, 0.2) is 0 Å². The molecule has 2 aromatic carbocycles. The molecule has 0 aliphatic carbocycles. The first kappa shape index (κ1) is 14.0. The number of hydrogen-bond acceptors (Lipinski definition) is 3. The number of hydrogen-bond donors (Lipinski definition) is 1. The van der Waals surface area contributed by atoms with E-state index in [1.165, 1.54) is 26.4 Å². The molecule has 110 valence electrons. The normalized spacial score (nSPS) is 16.3. The third-order valence-electron chi connectivity index (χ3n) is 3.81. The van der Waals surface area contributed by atoms with Crippen molar-refractivity contribution in [2.75, 3.05) is 0 Å². The summed E-state index contributed by atoms with van der Waals surface area (Å²) in [7, 11) is 0.734. The van der Waals surface area contributed by atoms with Crippen molar-refractivity contribution >= 4 is 50.2 Å². The zero-order valence-corrected chi connectivity index (χ0v) is 13.3. The molecule has 3 nitrogen and oxygen atoms in total. The maximum atomic E-state index is 5.34. The van der Waals surface area contributed by atoms with Crippen molar-refractivity contribution in [2.45, 2.75) is 0 Å². The first-order valence-corrected chi connectivity index (χ1v) is 8.27. The van der Waals surface area contributed by atoms with Gasteiger partial charge in [-0.25, -0.2) is 4.99 Å². The van der Waals surface area contributed by atoms with E-state index in [1.54, 1.807) is 6.20 Å². The molecule has 2 N–H and O–H groups in total. The van der Waals surface area contributed by atoms with Gasteiger partial charge in [-0.2, -0.15) is 0 Å². The zero-order valence-electron chi connectivity index (χ0n) is 12.4. The predicted molar refractivity (Wildman–Crippen MR) is 103 cm³/mol. The molecule has 1 aliphatic heterocycles. The maximum Gasteiger partial charge on any atom is 0.232 e. The molecule has 3 aromatic rings. The Morgan fingerprint density at radius 3 is 2.87 bits per heavy atom. The van der Waals surface area contributed by atoms with Crippen LogP contribution >= 0.6 is 11.3 Å². The van der Waals surface area contributed by atoms with Crippen LogP contribution in [0.5, 0.6) is 0 Å². The number of nitrogens with two attached hydrogens (primary N) is 1. The van der Waals surface area contributed by atoms with E-state index in [4.69, 9.17) is 5.73 Å². The van der Waals surface area contributed by atoms with Crippen LogP contribution in [0.15, 0.2) is 76.9 Å². The second-order valence-corrected chi connectivity index (χ2v) is 6.38. The Morgan fingerprint density at radius 2 is 1.96 bits per heavy atom. The third-order valence-corrected chi connectivity index (χ3v) is 4.96. The first-order valence-electron chi connectivity index (χ1n) is 7.45. The van der Waals surface area contributed by atoms with Crippen LogP contribution in [0.3, 0.4) is 0 Å². The summed E-state index contributed by atoms with van der Waals surface area (Å²) in [5, 5.41) is 2.58. The van der Waals surface area contributed by atoms with Crippen LogP contribution in [0, 0.1) is 0 Å². The van der Waals surface area contributed by atoms with Crippen molar-refractivity contribution < 1.29 is 0 Å². The van der Waals surface area contributed by atoms with Gasteiger partial charge in [-0.3, -0.25) is 4.99 Å². The zero-order chi connectivity index (χ0) is 15.6. The second-order valence-electron chi connectivity index (χ2n) is 5.30. The molecule has 1 aliphatic rings.